The van der Waals surface area contributed by atoms with E-state index in [1.54, 1.807) is 7.11 Å². The van der Waals surface area contributed by atoms with Gasteiger partial charge in [0, 0.05) is 13.1 Å². The number of rotatable bonds is 5. The highest BCUT2D eigenvalue weighted by Gasteiger charge is 2.28. The summed E-state index contributed by atoms with van der Waals surface area (Å²) in [6, 6.07) is 3.88. The van der Waals surface area contributed by atoms with E-state index in [2.05, 4.69) is 0 Å². The van der Waals surface area contributed by atoms with Crippen LogP contribution in [-0.4, -0.2) is 43.6 Å². The Bertz CT molecular complexity index is 604. The van der Waals surface area contributed by atoms with Crippen LogP contribution in [-0.2, 0) is 20.7 Å². The molecule has 1 amide bonds. The van der Waals surface area contributed by atoms with Gasteiger partial charge < -0.3 is 14.4 Å². The summed E-state index contributed by atoms with van der Waals surface area (Å²) < 4.78 is 10.4. The van der Waals surface area contributed by atoms with E-state index >= 15 is 0 Å². The third-order valence-corrected chi connectivity index (χ3v) is 4.88. The lowest BCUT2D eigenvalue weighted by molar-refractivity contribution is -0.151. The molecule has 5 heteroatoms. The van der Waals surface area contributed by atoms with Crippen LogP contribution in [0.1, 0.15) is 36.5 Å². The fourth-order valence-electron chi connectivity index (χ4n) is 3.16. The van der Waals surface area contributed by atoms with Crippen LogP contribution in [0, 0.1) is 19.8 Å². The molecule has 1 saturated heterocycles. The number of carbonyl (C=O) groups excluding carboxylic acids is 2. The second kappa shape index (κ2) is 8.18. The van der Waals surface area contributed by atoms with E-state index in [4.69, 9.17) is 9.47 Å². The minimum Gasteiger partial charge on any atom is -0.496 e. The van der Waals surface area contributed by atoms with Gasteiger partial charge in [-0.05, 0) is 56.4 Å². The van der Waals surface area contributed by atoms with Crippen molar-refractivity contribution in [1.82, 2.24) is 4.90 Å². The molecule has 0 aliphatic carbocycles. The number of carbonyl (C=O) groups is 2. The fraction of sp³-hybridized carbons (Fsp3) is 0.579. The number of methoxy groups -OCH3 is 1. The summed E-state index contributed by atoms with van der Waals surface area (Å²) >= 11 is 0. The fourth-order valence-corrected chi connectivity index (χ4v) is 3.16. The first-order valence-corrected chi connectivity index (χ1v) is 8.55. The van der Waals surface area contributed by atoms with Gasteiger partial charge in [0.1, 0.15) is 5.75 Å². The molecule has 1 heterocycles. The zero-order valence-corrected chi connectivity index (χ0v) is 15.1. The van der Waals surface area contributed by atoms with E-state index in [1.165, 1.54) is 0 Å². The molecule has 0 atom stereocenters. The Hall–Kier alpha value is -2.04. The second-order valence-electron chi connectivity index (χ2n) is 6.26. The molecular weight excluding hydrogens is 306 g/mol. The molecular formula is C19H27NO4. The second-order valence-corrected chi connectivity index (χ2v) is 6.26. The Labute approximate surface area is 143 Å². The summed E-state index contributed by atoms with van der Waals surface area (Å²) in [5.74, 6) is 0.758. The van der Waals surface area contributed by atoms with E-state index in [0.717, 1.165) is 22.4 Å². The van der Waals surface area contributed by atoms with Gasteiger partial charge in [0.2, 0.25) is 5.91 Å². The molecule has 1 fully saturated rings. The summed E-state index contributed by atoms with van der Waals surface area (Å²) in [4.78, 5) is 26.2. The van der Waals surface area contributed by atoms with Crippen LogP contribution in [0.5, 0.6) is 5.75 Å². The van der Waals surface area contributed by atoms with E-state index in [1.807, 2.05) is 37.8 Å². The van der Waals surface area contributed by atoms with Crippen molar-refractivity contribution in [2.75, 3.05) is 26.8 Å². The van der Waals surface area contributed by atoms with Gasteiger partial charge in [0.05, 0.1) is 26.1 Å². The molecule has 1 aromatic rings. The molecule has 2 rings (SSSR count). The number of likely N-dealkylation sites (tertiary alicyclic amines) is 1. The Morgan fingerprint density at radius 3 is 2.42 bits per heavy atom. The maximum atomic E-state index is 12.6. The number of amides is 1. The number of nitrogens with zero attached hydrogens (tertiary/aromatic N) is 1. The van der Waals surface area contributed by atoms with Gasteiger partial charge in [-0.1, -0.05) is 6.07 Å². The first-order chi connectivity index (χ1) is 11.5. The number of piperidine rings is 1. The molecule has 0 saturated carbocycles. The summed E-state index contributed by atoms with van der Waals surface area (Å²) in [7, 11) is 1.65. The molecule has 0 N–H and O–H groups in total. The van der Waals surface area contributed by atoms with Gasteiger partial charge in [0.15, 0.2) is 0 Å². The van der Waals surface area contributed by atoms with Gasteiger partial charge in [-0.15, -0.1) is 0 Å². The smallest absolute Gasteiger partial charge is 0.309 e. The highest BCUT2D eigenvalue weighted by Crippen LogP contribution is 2.25. The third-order valence-electron chi connectivity index (χ3n) is 4.88. The molecule has 0 bridgehead atoms. The van der Waals surface area contributed by atoms with E-state index in [0.29, 0.717) is 39.0 Å². The van der Waals surface area contributed by atoms with Crippen LogP contribution in [0.3, 0.4) is 0 Å². The SMILES string of the molecule is CCOC(=O)C1CCN(C(=O)Cc2ccc(OC)c(C)c2C)CC1. The first kappa shape index (κ1) is 18.3. The first-order valence-electron chi connectivity index (χ1n) is 8.55. The molecule has 1 aliphatic rings. The Kier molecular flexibility index (Phi) is 6.23. The lowest BCUT2D eigenvalue weighted by Gasteiger charge is -2.31. The van der Waals surface area contributed by atoms with Crippen molar-refractivity contribution in [3.63, 3.8) is 0 Å². The Morgan fingerprint density at radius 2 is 1.83 bits per heavy atom. The lowest BCUT2D eigenvalue weighted by atomic mass is 9.95. The molecule has 0 unspecified atom stereocenters. The minimum absolute atomic E-state index is 0.0704. The predicted octanol–water partition coefficient (Wildman–Crippen LogP) is 2.66. The average Bonchev–Trinajstić information content (AvgIpc) is 2.59. The molecule has 24 heavy (non-hydrogen) atoms. The highest BCUT2D eigenvalue weighted by molar-refractivity contribution is 5.80. The molecule has 1 aromatic carbocycles. The standard InChI is InChI=1S/C19H27NO4/c1-5-24-19(22)15-8-10-20(11-9-15)18(21)12-16-6-7-17(23-4)14(3)13(16)2/h6-7,15H,5,8-12H2,1-4H3. The largest absolute Gasteiger partial charge is 0.496 e. The maximum absolute atomic E-state index is 12.6. The van der Waals surface area contributed by atoms with Crippen molar-refractivity contribution >= 4 is 11.9 Å². The molecule has 0 spiro atoms. The molecule has 132 valence electrons. The zero-order valence-electron chi connectivity index (χ0n) is 15.1. The van der Waals surface area contributed by atoms with E-state index < -0.39 is 0 Å². The van der Waals surface area contributed by atoms with Crippen LogP contribution < -0.4 is 4.74 Å². The van der Waals surface area contributed by atoms with E-state index in [-0.39, 0.29) is 17.8 Å². The van der Waals surface area contributed by atoms with Crippen LogP contribution >= 0.6 is 0 Å². The number of ether oxygens (including phenoxy) is 2. The van der Waals surface area contributed by atoms with Crippen LogP contribution in [0.15, 0.2) is 12.1 Å². The van der Waals surface area contributed by atoms with Crippen LogP contribution in [0.2, 0.25) is 0 Å². The van der Waals surface area contributed by atoms with Gasteiger partial charge in [-0.25, -0.2) is 0 Å². The van der Waals surface area contributed by atoms with E-state index in [9.17, 15) is 9.59 Å². The van der Waals surface area contributed by atoms with Crippen molar-refractivity contribution in [2.45, 2.75) is 40.0 Å². The van der Waals surface area contributed by atoms with Crippen molar-refractivity contribution in [1.29, 1.82) is 0 Å². The summed E-state index contributed by atoms with van der Waals surface area (Å²) in [6.07, 6.45) is 1.76. The van der Waals surface area contributed by atoms with Gasteiger partial charge >= 0.3 is 5.97 Å². The molecule has 0 radical (unpaired) electrons. The molecule has 0 aromatic heterocycles. The Balaban J connectivity index is 1.95. The summed E-state index contributed by atoms with van der Waals surface area (Å²) in [5, 5.41) is 0. The third kappa shape index (κ3) is 4.08. The molecule has 5 nitrogen and oxygen atoms in total. The van der Waals surface area contributed by atoms with Crippen molar-refractivity contribution < 1.29 is 19.1 Å². The topological polar surface area (TPSA) is 55.8 Å². The van der Waals surface area contributed by atoms with Crippen molar-refractivity contribution in [3.8, 4) is 5.75 Å². The van der Waals surface area contributed by atoms with Gasteiger partial charge in [0.25, 0.3) is 0 Å². The monoisotopic (exact) mass is 333 g/mol. The minimum atomic E-state index is -0.133. The summed E-state index contributed by atoms with van der Waals surface area (Å²) in [6.45, 7) is 7.50. The van der Waals surface area contributed by atoms with Gasteiger partial charge in [-0.3, -0.25) is 9.59 Å². The number of hydrogen-bond acceptors (Lipinski definition) is 4. The highest BCUT2D eigenvalue weighted by atomic mass is 16.5. The normalized spacial score (nSPS) is 15.2. The average molecular weight is 333 g/mol. The summed E-state index contributed by atoms with van der Waals surface area (Å²) in [5.41, 5.74) is 3.21. The number of hydrogen-bond donors (Lipinski definition) is 0. The molecule has 1 aliphatic heterocycles. The van der Waals surface area contributed by atoms with Crippen LogP contribution in [0.4, 0.5) is 0 Å². The Morgan fingerprint density at radius 1 is 1.17 bits per heavy atom. The maximum Gasteiger partial charge on any atom is 0.309 e. The van der Waals surface area contributed by atoms with Gasteiger partial charge in [-0.2, -0.15) is 0 Å². The van der Waals surface area contributed by atoms with Crippen molar-refractivity contribution in [2.24, 2.45) is 5.92 Å². The number of esters is 1. The quantitative estimate of drug-likeness (QED) is 0.778. The predicted molar refractivity (Wildman–Crippen MR) is 92.1 cm³/mol. The van der Waals surface area contributed by atoms with Crippen molar-refractivity contribution in [3.05, 3.63) is 28.8 Å². The zero-order chi connectivity index (χ0) is 17.7. The lowest BCUT2D eigenvalue weighted by Crippen LogP contribution is -2.41. The van der Waals surface area contributed by atoms with Crippen LogP contribution in [0.25, 0.3) is 0 Å². The number of benzene rings is 1.